The minimum absolute atomic E-state index is 0.138. The average molecular weight is 351 g/mol. The maximum absolute atomic E-state index is 5.79. The van der Waals surface area contributed by atoms with Gasteiger partial charge in [-0.1, -0.05) is 20.8 Å². The summed E-state index contributed by atoms with van der Waals surface area (Å²) >= 11 is 3.40. The predicted octanol–water partition coefficient (Wildman–Crippen LogP) is 4.73. The summed E-state index contributed by atoms with van der Waals surface area (Å²) in [5, 5.41) is 0. The summed E-state index contributed by atoms with van der Waals surface area (Å²) in [4.78, 5) is 8.86. The molecule has 112 valence electrons. The van der Waals surface area contributed by atoms with Crippen LogP contribution in [0.1, 0.15) is 33.5 Å². The first-order valence-electron chi connectivity index (χ1n) is 6.84. The number of hydrogen-bond donors (Lipinski definition) is 0. The van der Waals surface area contributed by atoms with Crippen molar-refractivity contribution in [1.82, 2.24) is 9.97 Å². The molecule has 0 N–H and O–H groups in total. The molecule has 0 aliphatic heterocycles. The standard InChI is InChI=1S/C16H19BrN2O2/c1-5-20-11-6-8-12(9-7-11)21-14-10-13(17)18-15(19-14)16(2,3)4/h6-10H,5H2,1-4H3. The lowest BCUT2D eigenvalue weighted by Gasteiger charge is -2.17. The molecule has 0 saturated heterocycles. The molecule has 0 atom stereocenters. The minimum atomic E-state index is -0.138. The summed E-state index contributed by atoms with van der Waals surface area (Å²) in [5.41, 5.74) is -0.138. The number of rotatable bonds is 4. The zero-order chi connectivity index (χ0) is 15.5. The Balaban J connectivity index is 2.21. The second-order valence-corrected chi connectivity index (χ2v) is 6.42. The van der Waals surface area contributed by atoms with Gasteiger partial charge in [0.15, 0.2) is 0 Å². The number of halogens is 1. The van der Waals surface area contributed by atoms with Crippen molar-refractivity contribution in [2.45, 2.75) is 33.1 Å². The highest BCUT2D eigenvalue weighted by Gasteiger charge is 2.19. The van der Waals surface area contributed by atoms with Gasteiger partial charge in [0.1, 0.15) is 21.9 Å². The van der Waals surface area contributed by atoms with Crippen LogP contribution >= 0.6 is 15.9 Å². The first-order chi connectivity index (χ1) is 9.88. The van der Waals surface area contributed by atoms with E-state index in [0.717, 1.165) is 11.6 Å². The zero-order valence-corrected chi connectivity index (χ0v) is 14.3. The molecule has 0 saturated carbocycles. The molecule has 0 fully saturated rings. The van der Waals surface area contributed by atoms with Gasteiger partial charge >= 0.3 is 0 Å². The fourth-order valence-electron chi connectivity index (χ4n) is 1.68. The van der Waals surface area contributed by atoms with Crippen molar-refractivity contribution in [1.29, 1.82) is 0 Å². The molecule has 1 aromatic heterocycles. The van der Waals surface area contributed by atoms with Crippen LogP contribution in [-0.2, 0) is 5.41 Å². The smallest absolute Gasteiger partial charge is 0.223 e. The van der Waals surface area contributed by atoms with Crippen LogP contribution in [0.15, 0.2) is 34.9 Å². The topological polar surface area (TPSA) is 44.2 Å². The van der Waals surface area contributed by atoms with Crippen molar-refractivity contribution in [3.63, 3.8) is 0 Å². The van der Waals surface area contributed by atoms with Crippen molar-refractivity contribution in [2.75, 3.05) is 6.61 Å². The number of nitrogens with zero attached hydrogens (tertiary/aromatic N) is 2. The van der Waals surface area contributed by atoms with E-state index >= 15 is 0 Å². The lowest BCUT2D eigenvalue weighted by Crippen LogP contribution is -2.16. The third-order valence-corrected chi connectivity index (χ3v) is 3.11. The molecule has 21 heavy (non-hydrogen) atoms. The molecule has 0 spiro atoms. The van der Waals surface area contributed by atoms with Gasteiger partial charge in [-0.05, 0) is 47.1 Å². The van der Waals surface area contributed by atoms with Gasteiger partial charge in [-0.2, -0.15) is 4.98 Å². The molecule has 0 radical (unpaired) electrons. The number of hydrogen-bond acceptors (Lipinski definition) is 4. The van der Waals surface area contributed by atoms with E-state index in [9.17, 15) is 0 Å². The van der Waals surface area contributed by atoms with Crippen LogP contribution < -0.4 is 9.47 Å². The van der Waals surface area contributed by atoms with E-state index in [1.54, 1.807) is 6.07 Å². The van der Waals surface area contributed by atoms with Crippen molar-refractivity contribution in [3.8, 4) is 17.4 Å². The van der Waals surface area contributed by atoms with Crippen LogP contribution in [0.3, 0.4) is 0 Å². The van der Waals surface area contributed by atoms with Crippen molar-refractivity contribution >= 4 is 15.9 Å². The average Bonchev–Trinajstić information content (AvgIpc) is 2.40. The van der Waals surface area contributed by atoms with E-state index in [1.807, 2.05) is 31.2 Å². The molecule has 1 aromatic carbocycles. The number of ether oxygens (including phenoxy) is 2. The van der Waals surface area contributed by atoms with Crippen LogP contribution in [-0.4, -0.2) is 16.6 Å². The minimum Gasteiger partial charge on any atom is -0.494 e. The second-order valence-electron chi connectivity index (χ2n) is 5.61. The molecule has 0 amide bonds. The molecule has 0 bridgehead atoms. The lowest BCUT2D eigenvalue weighted by molar-refractivity contribution is 0.339. The van der Waals surface area contributed by atoms with Crippen LogP contribution in [0.4, 0.5) is 0 Å². The zero-order valence-electron chi connectivity index (χ0n) is 12.7. The van der Waals surface area contributed by atoms with Crippen molar-refractivity contribution in [2.24, 2.45) is 0 Å². The Morgan fingerprint density at radius 1 is 1.05 bits per heavy atom. The summed E-state index contributed by atoms with van der Waals surface area (Å²) in [6.45, 7) is 8.80. The van der Waals surface area contributed by atoms with Gasteiger partial charge in [0.25, 0.3) is 0 Å². The molecular formula is C16H19BrN2O2. The molecule has 5 heteroatoms. The Morgan fingerprint density at radius 3 is 2.24 bits per heavy atom. The molecule has 0 unspecified atom stereocenters. The largest absolute Gasteiger partial charge is 0.494 e. The fraction of sp³-hybridized carbons (Fsp3) is 0.375. The van der Waals surface area contributed by atoms with Gasteiger partial charge in [-0.3, -0.25) is 0 Å². The van der Waals surface area contributed by atoms with E-state index in [0.29, 0.717) is 22.8 Å². The molecule has 2 aromatic rings. The molecule has 4 nitrogen and oxygen atoms in total. The molecule has 0 aliphatic rings. The Bertz CT molecular complexity index is 607. The highest BCUT2D eigenvalue weighted by atomic mass is 79.9. The normalized spacial score (nSPS) is 11.3. The van der Waals surface area contributed by atoms with E-state index in [1.165, 1.54) is 0 Å². The first-order valence-corrected chi connectivity index (χ1v) is 7.63. The lowest BCUT2D eigenvalue weighted by atomic mass is 9.96. The SMILES string of the molecule is CCOc1ccc(Oc2cc(Br)nc(C(C)(C)C)n2)cc1. The van der Waals surface area contributed by atoms with Crippen LogP contribution in [0.25, 0.3) is 0 Å². The second kappa shape index (κ2) is 6.43. The molecule has 2 rings (SSSR count). The number of benzene rings is 1. The van der Waals surface area contributed by atoms with E-state index in [4.69, 9.17) is 9.47 Å². The Morgan fingerprint density at radius 2 is 1.67 bits per heavy atom. The van der Waals surface area contributed by atoms with E-state index in [2.05, 4.69) is 46.7 Å². The van der Waals surface area contributed by atoms with Gasteiger partial charge in [0, 0.05) is 11.5 Å². The van der Waals surface area contributed by atoms with Gasteiger partial charge in [0.05, 0.1) is 6.61 Å². The van der Waals surface area contributed by atoms with E-state index < -0.39 is 0 Å². The van der Waals surface area contributed by atoms with Crippen molar-refractivity contribution in [3.05, 3.63) is 40.8 Å². The third kappa shape index (κ3) is 4.43. The van der Waals surface area contributed by atoms with Gasteiger partial charge in [-0.15, -0.1) is 0 Å². The fourth-order valence-corrected chi connectivity index (χ4v) is 2.04. The molecular weight excluding hydrogens is 332 g/mol. The Hall–Kier alpha value is -1.62. The summed E-state index contributed by atoms with van der Waals surface area (Å²) in [7, 11) is 0. The first kappa shape index (κ1) is 15.8. The van der Waals surface area contributed by atoms with Crippen molar-refractivity contribution < 1.29 is 9.47 Å². The van der Waals surface area contributed by atoms with E-state index in [-0.39, 0.29) is 5.41 Å². The quantitative estimate of drug-likeness (QED) is 0.747. The monoisotopic (exact) mass is 350 g/mol. The van der Waals surface area contributed by atoms with Crippen LogP contribution in [0, 0.1) is 0 Å². The number of aromatic nitrogens is 2. The summed E-state index contributed by atoms with van der Waals surface area (Å²) in [6, 6.07) is 9.22. The highest BCUT2D eigenvalue weighted by Crippen LogP contribution is 2.27. The van der Waals surface area contributed by atoms with Gasteiger partial charge in [-0.25, -0.2) is 4.98 Å². The maximum Gasteiger partial charge on any atom is 0.223 e. The third-order valence-electron chi connectivity index (χ3n) is 2.70. The maximum atomic E-state index is 5.79. The van der Waals surface area contributed by atoms with Crippen LogP contribution in [0.2, 0.25) is 0 Å². The van der Waals surface area contributed by atoms with Crippen LogP contribution in [0.5, 0.6) is 17.4 Å². The Kier molecular flexibility index (Phi) is 4.83. The summed E-state index contributed by atoms with van der Waals surface area (Å²) in [5.74, 6) is 2.79. The Labute approximate surface area is 133 Å². The molecule has 1 heterocycles. The molecule has 0 aliphatic carbocycles. The van der Waals surface area contributed by atoms with Gasteiger partial charge in [0.2, 0.25) is 5.88 Å². The highest BCUT2D eigenvalue weighted by molar-refractivity contribution is 9.10. The predicted molar refractivity (Wildman–Crippen MR) is 86.1 cm³/mol. The summed E-state index contributed by atoms with van der Waals surface area (Å²) < 4.78 is 11.9. The summed E-state index contributed by atoms with van der Waals surface area (Å²) in [6.07, 6.45) is 0. The van der Waals surface area contributed by atoms with Gasteiger partial charge < -0.3 is 9.47 Å².